The highest BCUT2D eigenvalue weighted by Crippen LogP contribution is 2.43. The number of ether oxygens (including phenoxy) is 7. The zero-order valence-corrected chi connectivity index (χ0v) is 23.6. The van der Waals surface area contributed by atoms with Gasteiger partial charge in [-0.1, -0.05) is 12.2 Å². The fourth-order valence-corrected chi connectivity index (χ4v) is 4.40. The minimum atomic E-state index is -1.73. The van der Waals surface area contributed by atoms with Crippen LogP contribution in [0.1, 0.15) is 17.2 Å². The van der Waals surface area contributed by atoms with Gasteiger partial charge in [-0.05, 0) is 35.4 Å². The summed E-state index contributed by atoms with van der Waals surface area (Å²) < 4.78 is 38.5. The first-order chi connectivity index (χ1) is 20.1. The number of rotatable bonds is 14. The standard InChI is InChI=1S/C28H38O14/c1-36-16-10-15(11-17(37-2)23(16)32)22(31)21(13-40-27-25(34)24(33)20(12-30)42-28(27)35)41-26-18(38-3)8-14(6-5-7-29)9-19(26)39-4/h5-6,8-11,20-22,24-25,27-35H,7,12-13H2,1-4H3/b6-5+/t20-,21?,22?,24-,25+,27-,28-/m1/s1. The van der Waals surface area contributed by atoms with Crippen LogP contribution in [0.5, 0.6) is 34.5 Å². The van der Waals surface area contributed by atoms with Crippen molar-refractivity contribution in [3.05, 3.63) is 41.5 Å². The molecule has 1 saturated heterocycles. The zero-order chi connectivity index (χ0) is 31.0. The van der Waals surface area contributed by atoms with Crippen molar-refractivity contribution in [2.45, 2.75) is 42.9 Å². The van der Waals surface area contributed by atoms with Crippen LogP contribution < -0.4 is 23.7 Å². The number of phenolic OH excluding ortho intramolecular Hbond substituents is 1. The monoisotopic (exact) mass is 598 g/mol. The predicted octanol–water partition coefficient (Wildman–Crippen LogP) is -0.270. The third kappa shape index (κ3) is 7.35. The van der Waals surface area contributed by atoms with E-state index in [-0.39, 0.29) is 46.7 Å². The molecule has 14 heteroatoms. The maximum Gasteiger partial charge on any atom is 0.204 e. The van der Waals surface area contributed by atoms with Crippen LogP contribution in [0.4, 0.5) is 0 Å². The minimum Gasteiger partial charge on any atom is -0.502 e. The Labute approximate surface area is 242 Å². The highest BCUT2D eigenvalue weighted by molar-refractivity contribution is 5.62. The largest absolute Gasteiger partial charge is 0.502 e. The van der Waals surface area contributed by atoms with Crippen LogP contribution in [0, 0.1) is 0 Å². The highest BCUT2D eigenvalue weighted by atomic mass is 16.7. The van der Waals surface area contributed by atoms with E-state index in [2.05, 4.69) is 0 Å². The van der Waals surface area contributed by atoms with Gasteiger partial charge in [0.05, 0.1) is 48.3 Å². The van der Waals surface area contributed by atoms with E-state index < -0.39 is 56.1 Å². The lowest BCUT2D eigenvalue weighted by Crippen LogP contribution is -2.59. The summed E-state index contributed by atoms with van der Waals surface area (Å²) >= 11 is 0. The molecule has 234 valence electrons. The quantitative estimate of drug-likeness (QED) is 0.150. The minimum absolute atomic E-state index is 0.00273. The van der Waals surface area contributed by atoms with E-state index in [1.165, 1.54) is 46.6 Å². The van der Waals surface area contributed by atoms with Crippen molar-refractivity contribution in [3.8, 4) is 34.5 Å². The van der Waals surface area contributed by atoms with E-state index in [4.69, 9.17) is 38.3 Å². The molecule has 0 aromatic heterocycles. The molecule has 1 heterocycles. The summed E-state index contributed by atoms with van der Waals surface area (Å²) in [6, 6.07) is 5.93. The number of hydrogen-bond donors (Lipinski definition) is 7. The molecule has 0 bridgehead atoms. The second-order valence-electron chi connectivity index (χ2n) is 9.24. The molecule has 0 amide bonds. The van der Waals surface area contributed by atoms with Crippen molar-refractivity contribution in [3.63, 3.8) is 0 Å². The summed E-state index contributed by atoms with van der Waals surface area (Å²) in [6.45, 7) is -1.34. The van der Waals surface area contributed by atoms with Gasteiger partial charge >= 0.3 is 0 Å². The Bertz CT molecular complexity index is 1140. The highest BCUT2D eigenvalue weighted by Gasteiger charge is 2.45. The van der Waals surface area contributed by atoms with Crippen LogP contribution in [0.2, 0.25) is 0 Å². The molecule has 14 nitrogen and oxygen atoms in total. The van der Waals surface area contributed by atoms with Crippen LogP contribution in [0.3, 0.4) is 0 Å². The van der Waals surface area contributed by atoms with Gasteiger partial charge < -0.3 is 68.9 Å². The maximum atomic E-state index is 11.5. The Hall–Kier alpha value is -3.34. The average Bonchev–Trinajstić information content (AvgIpc) is 3.00. The third-order valence-corrected chi connectivity index (χ3v) is 6.66. The van der Waals surface area contributed by atoms with E-state index >= 15 is 0 Å². The summed E-state index contributed by atoms with van der Waals surface area (Å²) in [4.78, 5) is 0. The van der Waals surface area contributed by atoms with Gasteiger partial charge in [-0.15, -0.1) is 0 Å². The number of hydrogen-bond acceptors (Lipinski definition) is 14. The van der Waals surface area contributed by atoms with Crippen LogP contribution in [-0.4, -0.2) is 121 Å². The van der Waals surface area contributed by atoms with Gasteiger partial charge in [0.25, 0.3) is 0 Å². The van der Waals surface area contributed by atoms with Crippen molar-refractivity contribution in [1.82, 2.24) is 0 Å². The van der Waals surface area contributed by atoms with E-state index in [0.717, 1.165) is 0 Å². The Morgan fingerprint density at radius 3 is 1.93 bits per heavy atom. The Kier molecular flexibility index (Phi) is 12.0. The molecule has 1 fully saturated rings. The van der Waals surface area contributed by atoms with Crippen LogP contribution in [0.15, 0.2) is 30.3 Å². The Balaban J connectivity index is 2.02. The Morgan fingerprint density at radius 2 is 1.43 bits per heavy atom. The molecule has 3 rings (SSSR count). The van der Waals surface area contributed by atoms with Crippen molar-refractivity contribution in [2.75, 3.05) is 48.3 Å². The van der Waals surface area contributed by atoms with Gasteiger partial charge in [0, 0.05) is 0 Å². The predicted molar refractivity (Wildman–Crippen MR) is 146 cm³/mol. The number of aliphatic hydroxyl groups is 6. The smallest absolute Gasteiger partial charge is 0.204 e. The molecular weight excluding hydrogens is 560 g/mol. The van der Waals surface area contributed by atoms with E-state index in [1.807, 2.05) is 0 Å². The zero-order valence-electron chi connectivity index (χ0n) is 23.6. The van der Waals surface area contributed by atoms with Crippen LogP contribution in [0.25, 0.3) is 6.08 Å². The van der Waals surface area contributed by atoms with Gasteiger partial charge in [0.15, 0.2) is 35.4 Å². The molecule has 2 unspecified atom stereocenters. The molecule has 0 saturated carbocycles. The van der Waals surface area contributed by atoms with Crippen molar-refractivity contribution < 1.29 is 68.9 Å². The Morgan fingerprint density at radius 1 is 0.857 bits per heavy atom. The van der Waals surface area contributed by atoms with Gasteiger partial charge in [-0.25, -0.2) is 0 Å². The molecule has 1 aliphatic rings. The van der Waals surface area contributed by atoms with Crippen LogP contribution in [-0.2, 0) is 9.47 Å². The lowest BCUT2D eigenvalue weighted by molar-refractivity contribution is -0.299. The van der Waals surface area contributed by atoms with Crippen molar-refractivity contribution >= 4 is 6.08 Å². The van der Waals surface area contributed by atoms with Gasteiger partial charge in [0.1, 0.15) is 30.5 Å². The number of aliphatic hydroxyl groups excluding tert-OH is 6. The topological polar surface area (TPSA) is 206 Å². The summed E-state index contributed by atoms with van der Waals surface area (Å²) in [7, 11) is 5.43. The summed E-state index contributed by atoms with van der Waals surface area (Å²) in [5, 5.41) is 71.5. The number of methoxy groups -OCH3 is 4. The molecule has 0 radical (unpaired) electrons. The molecule has 7 N–H and O–H groups in total. The first-order valence-electron chi connectivity index (χ1n) is 12.9. The fraction of sp³-hybridized carbons (Fsp3) is 0.500. The van der Waals surface area contributed by atoms with E-state index in [1.54, 1.807) is 18.2 Å². The molecule has 0 spiro atoms. The van der Waals surface area contributed by atoms with E-state index in [9.17, 15) is 30.6 Å². The molecule has 0 aliphatic carbocycles. The van der Waals surface area contributed by atoms with Crippen molar-refractivity contribution in [2.24, 2.45) is 0 Å². The number of benzene rings is 2. The third-order valence-electron chi connectivity index (χ3n) is 6.66. The molecule has 7 atom stereocenters. The number of aromatic hydroxyl groups is 1. The van der Waals surface area contributed by atoms with Gasteiger partial charge in [-0.2, -0.15) is 0 Å². The average molecular weight is 599 g/mol. The van der Waals surface area contributed by atoms with E-state index in [0.29, 0.717) is 5.56 Å². The summed E-state index contributed by atoms with van der Waals surface area (Å²) in [5.41, 5.74) is 0.793. The second-order valence-corrected chi connectivity index (χ2v) is 9.24. The lowest BCUT2D eigenvalue weighted by Gasteiger charge is -2.40. The normalized spacial score (nSPS) is 23.8. The first kappa shape index (κ1) is 33.2. The lowest BCUT2D eigenvalue weighted by atomic mass is 9.99. The fourth-order valence-electron chi connectivity index (χ4n) is 4.40. The molecule has 2 aromatic rings. The van der Waals surface area contributed by atoms with Gasteiger partial charge in [0.2, 0.25) is 11.5 Å². The molecule has 42 heavy (non-hydrogen) atoms. The van der Waals surface area contributed by atoms with Crippen molar-refractivity contribution in [1.29, 1.82) is 0 Å². The summed E-state index contributed by atoms with van der Waals surface area (Å²) in [5.74, 6) is 0.177. The maximum absolute atomic E-state index is 11.5. The number of phenols is 1. The first-order valence-corrected chi connectivity index (χ1v) is 12.9. The SMILES string of the molecule is COc1cc(C(O)C(CO[C@@H]2[C@@H](O)[C@H](O)[C@@H](CO)O[C@H]2O)Oc2c(OC)cc(/C=C/CO)cc2OC)cc(OC)c1O. The van der Waals surface area contributed by atoms with Gasteiger partial charge in [-0.3, -0.25) is 0 Å². The molecule has 1 aliphatic heterocycles. The second kappa shape index (κ2) is 15.2. The molecular formula is C28H38O14. The summed E-state index contributed by atoms with van der Waals surface area (Å²) in [6.07, 6.45) is -7.35. The molecule has 2 aromatic carbocycles. The van der Waals surface area contributed by atoms with Crippen LogP contribution >= 0.6 is 0 Å².